The third-order valence-electron chi connectivity index (χ3n) is 3.29. The monoisotopic (exact) mass is 344 g/mol. The van der Waals surface area contributed by atoms with Gasteiger partial charge in [-0.2, -0.15) is 0 Å². The van der Waals surface area contributed by atoms with E-state index in [0.29, 0.717) is 11.4 Å². The van der Waals surface area contributed by atoms with E-state index in [1.165, 1.54) is 16.2 Å². The van der Waals surface area contributed by atoms with Gasteiger partial charge < -0.3 is 5.73 Å². The van der Waals surface area contributed by atoms with Crippen molar-refractivity contribution in [3.8, 4) is 0 Å². The highest BCUT2D eigenvalue weighted by Gasteiger charge is 2.23. The molecule has 0 aliphatic rings. The number of thiophene rings is 2. The van der Waals surface area contributed by atoms with E-state index < -0.39 is 10.0 Å². The maximum atomic E-state index is 12.5. The second kappa shape index (κ2) is 6.18. The largest absolute Gasteiger partial charge is 0.326 e. The Morgan fingerprint density at radius 3 is 2.33 bits per heavy atom. The fourth-order valence-corrected chi connectivity index (χ4v) is 6.09. The van der Waals surface area contributed by atoms with Crippen molar-refractivity contribution in [3.63, 3.8) is 0 Å². The second-order valence-electron chi connectivity index (χ2n) is 5.05. The molecule has 2 heterocycles. The van der Waals surface area contributed by atoms with Crippen LogP contribution < -0.4 is 10.5 Å². The fourth-order valence-electron chi connectivity index (χ4n) is 2.33. The van der Waals surface area contributed by atoms with Crippen LogP contribution in [0, 0.1) is 20.8 Å². The Hall–Kier alpha value is -0.730. The molecule has 0 aliphatic heterocycles. The summed E-state index contributed by atoms with van der Waals surface area (Å²) in [5, 5.41) is 0. The molecule has 21 heavy (non-hydrogen) atoms. The van der Waals surface area contributed by atoms with Gasteiger partial charge in [0.15, 0.2) is 0 Å². The molecule has 0 aliphatic carbocycles. The van der Waals surface area contributed by atoms with E-state index in [1.54, 1.807) is 17.4 Å². The van der Waals surface area contributed by atoms with Gasteiger partial charge in [-0.15, -0.1) is 22.7 Å². The Bertz CT molecular complexity index is 744. The van der Waals surface area contributed by atoms with Crippen LogP contribution in [0.1, 0.15) is 38.0 Å². The lowest BCUT2D eigenvalue weighted by molar-refractivity contribution is 0.566. The van der Waals surface area contributed by atoms with Crippen LogP contribution >= 0.6 is 22.7 Å². The molecule has 4 nitrogen and oxygen atoms in total. The summed E-state index contributed by atoms with van der Waals surface area (Å²) in [4.78, 5) is 4.32. The summed E-state index contributed by atoms with van der Waals surface area (Å²) >= 11 is 3.11. The van der Waals surface area contributed by atoms with E-state index in [2.05, 4.69) is 4.72 Å². The van der Waals surface area contributed by atoms with Crippen LogP contribution in [0.4, 0.5) is 0 Å². The minimum Gasteiger partial charge on any atom is -0.326 e. The van der Waals surface area contributed by atoms with Crippen LogP contribution in [0.15, 0.2) is 17.0 Å². The molecule has 1 atom stereocenters. The average Bonchev–Trinajstić information content (AvgIpc) is 2.91. The molecule has 0 fully saturated rings. The van der Waals surface area contributed by atoms with Crippen molar-refractivity contribution in [2.24, 2.45) is 5.73 Å². The summed E-state index contributed by atoms with van der Waals surface area (Å²) < 4.78 is 27.9. The number of rotatable bonds is 5. The van der Waals surface area contributed by atoms with Crippen LogP contribution in [-0.4, -0.2) is 8.42 Å². The normalized spacial score (nSPS) is 13.6. The number of nitrogens with one attached hydrogen (secondary N) is 1. The number of hydrogen-bond acceptors (Lipinski definition) is 5. The van der Waals surface area contributed by atoms with E-state index in [1.807, 2.05) is 33.8 Å². The van der Waals surface area contributed by atoms with Crippen molar-refractivity contribution in [2.75, 3.05) is 0 Å². The van der Waals surface area contributed by atoms with Gasteiger partial charge in [0.25, 0.3) is 0 Å². The van der Waals surface area contributed by atoms with Crippen molar-refractivity contribution in [1.82, 2.24) is 4.72 Å². The van der Waals surface area contributed by atoms with Gasteiger partial charge in [-0.3, -0.25) is 0 Å². The highest BCUT2D eigenvalue weighted by atomic mass is 32.2. The molecule has 0 bridgehead atoms. The molecular formula is C14H20N2O2S3. The molecule has 0 aromatic carbocycles. The summed E-state index contributed by atoms with van der Waals surface area (Å²) in [5.41, 5.74) is 6.62. The first kappa shape index (κ1) is 16.6. The minimum atomic E-state index is -3.53. The van der Waals surface area contributed by atoms with E-state index in [9.17, 15) is 8.42 Å². The third-order valence-corrected chi connectivity index (χ3v) is 7.14. The van der Waals surface area contributed by atoms with E-state index in [0.717, 1.165) is 20.2 Å². The van der Waals surface area contributed by atoms with E-state index in [4.69, 9.17) is 5.73 Å². The molecule has 3 N–H and O–H groups in total. The standard InChI is InChI=1S/C14H20N2O2S3/c1-8-5-13(10(3)19-8)9(2)16-21(17,18)14-6-12(7-15)20-11(14)4/h5-6,9,16H,7,15H2,1-4H3. The number of aryl methyl sites for hydroxylation is 3. The lowest BCUT2D eigenvalue weighted by atomic mass is 10.1. The molecule has 0 saturated heterocycles. The quantitative estimate of drug-likeness (QED) is 0.874. The van der Waals surface area contributed by atoms with Gasteiger partial charge in [0.2, 0.25) is 10.0 Å². The average molecular weight is 345 g/mol. The SMILES string of the molecule is Cc1cc(C(C)NS(=O)(=O)c2cc(CN)sc2C)c(C)s1. The Balaban J connectivity index is 2.28. The molecule has 0 amide bonds. The highest BCUT2D eigenvalue weighted by Crippen LogP contribution is 2.29. The molecule has 1 unspecified atom stereocenters. The summed E-state index contributed by atoms with van der Waals surface area (Å²) in [5.74, 6) is 0. The lowest BCUT2D eigenvalue weighted by Crippen LogP contribution is -2.27. The minimum absolute atomic E-state index is 0.249. The number of sulfonamides is 1. The summed E-state index contributed by atoms with van der Waals surface area (Å²) in [7, 11) is -3.53. The third kappa shape index (κ3) is 3.54. The summed E-state index contributed by atoms with van der Waals surface area (Å²) in [6.45, 7) is 8.08. The van der Waals surface area contributed by atoms with Crippen LogP contribution in [0.2, 0.25) is 0 Å². The van der Waals surface area contributed by atoms with Crippen LogP contribution in [-0.2, 0) is 16.6 Å². The Morgan fingerprint density at radius 1 is 1.19 bits per heavy atom. The smallest absolute Gasteiger partial charge is 0.242 e. The van der Waals surface area contributed by atoms with Crippen molar-refractivity contribution in [2.45, 2.75) is 45.2 Å². The molecule has 116 valence electrons. The van der Waals surface area contributed by atoms with Gasteiger partial charge in [-0.1, -0.05) is 0 Å². The van der Waals surface area contributed by atoms with Gasteiger partial charge in [0.1, 0.15) is 0 Å². The van der Waals surface area contributed by atoms with Gasteiger partial charge in [-0.05, 0) is 45.4 Å². The van der Waals surface area contributed by atoms with Gasteiger partial charge >= 0.3 is 0 Å². The van der Waals surface area contributed by atoms with E-state index in [-0.39, 0.29) is 6.04 Å². The summed E-state index contributed by atoms with van der Waals surface area (Å²) in [6.07, 6.45) is 0. The molecule has 0 radical (unpaired) electrons. The van der Waals surface area contributed by atoms with E-state index >= 15 is 0 Å². The predicted octanol–water partition coefficient (Wildman–Crippen LogP) is 3.23. The molecule has 7 heteroatoms. The molecular weight excluding hydrogens is 324 g/mol. The molecule has 0 spiro atoms. The van der Waals surface area contributed by atoms with Crippen molar-refractivity contribution in [1.29, 1.82) is 0 Å². The molecule has 2 aromatic rings. The molecule has 2 aromatic heterocycles. The highest BCUT2D eigenvalue weighted by molar-refractivity contribution is 7.89. The maximum Gasteiger partial charge on any atom is 0.242 e. The van der Waals surface area contributed by atoms with Crippen molar-refractivity contribution in [3.05, 3.63) is 37.2 Å². The summed E-state index contributed by atoms with van der Waals surface area (Å²) in [6, 6.07) is 3.46. The zero-order valence-corrected chi connectivity index (χ0v) is 15.0. The first-order chi connectivity index (χ1) is 9.74. The zero-order chi connectivity index (χ0) is 15.8. The second-order valence-corrected chi connectivity index (χ2v) is 9.53. The van der Waals surface area contributed by atoms with Crippen molar-refractivity contribution >= 4 is 32.7 Å². The van der Waals surface area contributed by atoms with Gasteiger partial charge in [-0.25, -0.2) is 13.1 Å². The topological polar surface area (TPSA) is 72.2 Å². The fraction of sp³-hybridized carbons (Fsp3) is 0.429. The molecule has 0 saturated carbocycles. The van der Waals surface area contributed by atoms with Crippen LogP contribution in [0.25, 0.3) is 0 Å². The van der Waals surface area contributed by atoms with Crippen LogP contribution in [0.5, 0.6) is 0 Å². The van der Waals surface area contributed by atoms with Crippen molar-refractivity contribution < 1.29 is 8.42 Å². The van der Waals surface area contributed by atoms with Gasteiger partial charge in [0, 0.05) is 32.1 Å². The maximum absolute atomic E-state index is 12.5. The van der Waals surface area contributed by atoms with Gasteiger partial charge in [0.05, 0.1) is 4.90 Å². The first-order valence-electron chi connectivity index (χ1n) is 6.63. The predicted molar refractivity (Wildman–Crippen MR) is 89.5 cm³/mol. The number of nitrogens with two attached hydrogens (primary N) is 1. The Morgan fingerprint density at radius 2 is 1.86 bits per heavy atom. The zero-order valence-electron chi connectivity index (χ0n) is 12.6. The van der Waals surface area contributed by atoms with Crippen LogP contribution in [0.3, 0.4) is 0 Å². The lowest BCUT2D eigenvalue weighted by Gasteiger charge is -2.14. The Labute approximate surface area is 134 Å². The Kier molecular flexibility index (Phi) is 4.89. The molecule has 2 rings (SSSR count). The number of hydrogen-bond donors (Lipinski definition) is 2. The first-order valence-corrected chi connectivity index (χ1v) is 9.75.